The second kappa shape index (κ2) is 7.72. The average Bonchev–Trinajstić information content (AvgIpc) is 3.34. The number of ether oxygens (including phenoxy) is 2. The van der Waals surface area contributed by atoms with Crippen molar-refractivity contribution >= 4 is 20.9 Å². The number of fused-ring (bicyclic) bond motifs is 4. The van der Waals surface area contributed by atoms with E-state index in [0.29, 0.717) is 17.6 Å². The summed E-state index contributed by atoms with van der Waals surface area (Å²) in [6, 6.07) is 15.8. The van der Waals surface area contributed by atoms with Crippen molar-refractivity contribution in [2.24, 2.45) is 0 Å². The minimum atomic E-state index is -3.65. The van der Waals surface area contributed by atoms with Crippen molar-refractivity contribution in [3.05, 3.63) is 60.3 Å². The third-order valence-electron chi connectivity index (χ3n) is 6.89. The van der Waals surface area contributed by atoms with E-state index in [1.165, 1.54) is 5.56 Å². The number of rotatable bonds is 5. The highest BCUT2D eigenvalue weighted by Gasteiger charge is 2.42. The minimum absolute atomic E-state index is 0.0653. The van der Waals surface area contributed by atoms with Gasteiger partial charge in [0, 0.05) is 36.3 Å². The van der Waals surface area contributed by atoms with E-state index >= 15 is 0 Å². The Labute approximate surface area is 187 Å². The molecule has 0 amide bonds. The molecular formula is C24H25N3O4S. The van der Waals surface area contributed by atoms with Crippen LogP contribution in [0.3, 0.4) is 0 Å². The van der Waals surface area contributed by atoms with E-state index in [4.69, 9.17) is 9.47 Å². The van der Waals surface area contributed by atoms with Crippen molar-refractivity contribution in [3.8, 4) is 11.5 Å². The van der Waals surface area contributed by atoms with Crippen molar-refractivity contribution < 1.29 is 17.9 Å². The van der Waals surface area contributed by atoms with Crippen LogP contribution in [-0.2, 0) is 16.6 Å². The molecule has 6 rings (SSSR count). The van der Waals surface area contributed by atoms with Crippen molar-refractivity contribution in [3.63, 3.8) is 0 Å². The molecule has 3 aromatic rings. The number of aromatic nitrogens is 1. The van der Waals surface area contributed by atoms with Crippen molar-refractivity contribution in [2.45, 2.75) is 55.2 Å². The molecule has 0 aliphatic carbocycles. The summed E-state index contributed by atoms with van der Waals surface area (Å²) >= 11 is 0. The second-order valence-electron chi connectivity index (χ2n) is 8.87. The predicted molar refractivity (Wildman–Crippen MR) is 120 cm³/mol. The van der Waals surface area contributed by atoms with Crippen LogP contribution < -0.4 is 14.2 Å². The van der Waals surface area contributed by atoms with Gasteiger partial charge in [-0.3, -0.25) is 9.88 Å². The number of hydrogen-bond donors (Lipinski definition) is 1. The quantitative estimate of drug-likeness (QED) is 0.640. The zero-order valence-electron chi connectivity index (χ0n) is 17.6. The van der Waals surface area contributed by atoms with Gasteiger partial charge in [0.2, 0.25) is 16.8 Å². The third-order valence-corrected chi connectivity index (χ3v) is 8.45. The normalized spacial score (nSPS) is 24.8. The number of piperidine rings is 1. The van der Waals surface area contributed by atoms with Crippen molar-refractivity contribution in [2.75, 3.05) is 6.79 Å². The summed E-state index contributed by atoms with van der Waals surface area (Å²) in [4.78, 5) is 7.10. The van der Waals surface area contributed by atoms with E-state index in [2.05, 4.69) is 26.7 Å². The van der Waals surface area contributed by atoms with E-state index < -0.39 is 10.0 Å². The Kier molecular flexibility index (Phi) is 4.82. The number of para-hydroxylation sites is 1. The molecule has 3 aliphatic heterocycles. The predicted octanol–water partition coefficient (Wildman–Crippen LogP) is 3.44. The number of nitrogens with one attached hydrogen (secondary N) is 1. The molecule has 32 heavy (non-hydrogen) atoms. The number of benzene rings is 2. The van der Waals surface area contributed by atoms with Crippen LogP contribution in [0.4, 0.5) is 0 Å². The van der Waals surface area contributed by atoms with Crippen LogP contribution in [0.2, 0.25) is 0 Å². The summed E-state index contributed by atoms with van der Waals surface area (Å²) in [5.41, 5.74) is 1.72. The van der Waals surface area contributed by atoms with Gasteiger partial charge in [-0.05, 0) is 55.5 Å². The maximum absolute atomic E-state index is 13.2. The SMILES string of the molecule is O=S(=O)(NC1CC2CCC(C1)N2Cc1ccc2c(c1)OCO2)c1cccc2cccnc12. The largest absolute Gasteiger partial charge is 0.454 e. The van der Waals surface area contributed by atoms with Gasteiger partial charge in [-0.15, -0.1) is 0 Å². The van der Waals surface area contributed by atoms with Gasteiger partial charge in [0.25, 0.3) is 0 Å². The molecule has 7 nitrogen and oxygen atoms in total. The van der Waals surface area contributed by atoms with Crippen LogP contribution in [0.25, 0.3) is 10.9 Å². The van der Waals surface area contributed by atoms with Crippen LogP contribution in [-0.4, -0.2) is 43.2 Å². The lowest BCUT2D eigenvalue weighted by Gasteiger charge is -2.39. The van der Waals surface area contributed by atoms with E-state index in [1.807, 2.05) is 24.3 Å². The van der Waals surface area contributed by atoms with Crippen molar-refractivity contribution in [1.82, 2.24) is 14.6 Å². The van der Waals surface area contributed by atoms with Crippen LogP contribution in [0.15, 0.2) is 59.6 Å². The number of nitrogens with zero attached hydrogens (tertiary/aromatic N) is 2. The van der Waals surface area contributed by atoms with E-state index in [9.17, 15) is 8.42 Å². The van der Waals surface area contributed by atoms with Gasteiger partial charge in [-0.1, -0.05) is 24.3 Å². The molecule has 3 aliphatic rings. The molecule has 4 heterocycles. The molecule has 0 spiro atoms. The molecule has 2 atom stereocenters. The molecule has 2 fully saturated rings. The fourth-order valence-electron chi connectivity index (χ4n) is 5.45. The van der Waals surface area contributed by atoms with Crippen LogP contribution >= 0.6 is 0 Å². The summed E-state index contributed by atoms with van der Waals surface area (Å²) in [5, 5.41) is 0.828. The number of pyridine rings is 1. The van der Waals surface area contributed by atoms with Crippen LogP contribution in [0.5, 0.6) is 11.5 Å². The summed E-state index contributed by atoms with van der Waals surface area (Å²) in [7, 11) is -3.65. The lowest BCUT2D eigenvalue weighted by molar-refractivity contribution is 0.115. The first-order valence-corrected chi connectivity index (χ1v) is 12.6. The zero-order valence-corrected chi connectivity index (χ0v) is 18.4. The van der Waals surface area contributed by atoms with Gasteiger partial charge in [-0.25, -0.2) is 13.1 Å². The van der Waals surface area contributed by atoms with Gasteiger partial charge < -0.3 is 9.47 Å². The number of sulfonamides is 1. The molecule has 0 radical (unpaired) electrons. The average molecular weight is 452 g/mol. The Morgan fingerprint density at radius 2 is 1.78 bits per heavy atom. The molecule has 2 aromatic carbocycles. The van der Waals surface area contributed by atoms with Gasteiger partial charge in [0.15, 0.2) is 11.5 Å². The molecule has 1 aromatic heterocycles. The van der Waals surface area contributed by atoms with E-state index in [0.717, 1.165) is 49.1 Å². The third kappa shape index (κ3) is 3.52. The Hall–Kier alpha value is -2.68. The number of hydrogen-bond acceptors (Lipinski definition) is 6. The topological polar surface area (TPSA) is 80.8 Å². The second-order valence-corrected chi connectivity index (χ2v) is 10.5. The first-order valence-electron chi connectivity index (χ1n) is 11.1. The fourth-order valence-corrected chi connectivity index (χ4v) is 6.90. The first-order chi connectivity index (χ1) is 15.6. The summed E-state index contributed by atoms with van der Waals surface area (Å²) < 4.78 is 40.4. The molecule has 166 valence electrons. The van der Waals surface area contributed by atoms with Gasteiger partial charge >= 0.3 is 0 Å². The lowest BCUT2D eigenvalue weighted by Crippen LogP contribution is -2.49. The van der Waals surface area contributed by atoms with E-state index in [1.54, 1.807) is 18.3 Å². The monoisotopic (exact) mass is 451 g/mol. The zero-order chi connectivity index (χ0) is 21.7. The lowest BCUT2D eigenvalue weighted by atomic mass is 9.97. The highest BCUT2D eigenvalue weighted by molar-refractivity contribution is 7.89. The Balaban J connectivity index is 1.18. The Morgan fingerprint density at radius 3 is 2.62 bits per heavy atom. The standard InChI is InChI=1S/C24H25N3O4S/c28-32(29,23-5-1-3-17-4-2-10-25-24(17)23)26-18-12-19-7-8-20(13-18)27(19)14-16-6-9-21-22(11-16)31-15-30-21/h1-6,9-11,18-20,26H,7-8,12-15H2. The maximum Gasteiger partial charge on any atom is 0.242 e. The summed E-state index contributed by atoms with van der Waals surface area (Å²) in [6.07, 6.45) is 5.47. The smallest absolute Gasteiger partial charge is 0.242 e. The molecule has 2 saturated heterocycles. The van der Waals surface area contributed by atoms with E-state index in [-0.39, 0.29) is 17.7 Å². The molecule has 2 unspecified atom stereocenters. The molecular weight excluding hydrogens is 426 g/mol. The highest BCUT2D eigenvalue weighted by atomic mass is 32.2. The van der Waals surface area contributed by atoms with Crippen molar-refractivity contribution in [1.29, 1.82) is 0 Å². The Morgan fingerprint density at radius 1 is 1.00 bits per heavy atom. The molecule has 0 saturated carbocycles. The Bertz CT molecular complexity index is 1260. The van der Waals surface area contributed by atoms with Gasteiger partial charge in [-0.2, -0.15) is 0 Å². The highest BCUT2D eigenvalue weighted by Crippen LogP contribution is 2.39. The van der Waals surface area contributed by atoms with Crippen LogP contribution in [0, 0.1) is 0 Å². The maximum atomic E-state index is 13.2. The molecule has 1 N–H and O–H groups in total. The van der Waals surface area contributed by atoms with Crippen LogP contribution in [0.1, 0.15) is 31.2 Å². The molecule has 8 heteroatoms. The summed E-state index contributed by atoms with van der Waals surface area (Å²) in [5.74, 6) is 1.61. The van der Waals surface area contributed by atoms with Gasteiger partial charge in [0.05, 0.1) is 5.52 Å². The minimum Gasteiger partial charge on any atom is -0.454 e. The molecule has 2 bridgehead atoms. The fraction of sp³-hybridized carbons (Fsp3) is 0.375. The first kappa shape index (κ1) is 20.0. The summed E-state index contributed by atoms with van der Waals surface area (Å²) in [6.45, 7) is 1.13. The van der Waals surface area contributed by atoms with Gasteiger partial charge in [0.1, 0.15) is 4.90 Å².